The van der Waals surface area contributed by atoms with Gasteiger partial charge in [-0.25, -0.2) is 35.8 Å². The molecular formula is C17H10F4N4O2S. The minimum absolute atomic E-state index is 0.205. The number of sulfonamides is 1. The van der Waals surface area contributed by atoms with E-state index in [0.29, 0.717) is 17.7 Å². The maximum atomic E-state index is 14.5. The molecule has 2 aromatic carbocycles. The van der Waals surface area contributed by atoms with Gasteiger partial charge >= 0.3 is 0 Å². The Balaban J connectivity index is 2.24. The topological polar surface area (TPSA) is 102 Å². The van der Waals surface area contributed by atoms with Crippen LogP contribution in [0.15, 0.2) is 47.4 Å². The molecule has 2 N–H and O–H groups in total. The summed E-state index contributed by atoms with van der Waals surface area (Å²) in [7, 11) is -4.52. The van der Waals surface area contributed by atoms with E-state index >= 15 is 0 Å². The lowest BCUT2D eigenvalue weighted by Gasteiger charge is -2.10. The number of nitrogens with zero attached hydrogens (tertiary/aromatic N) is 3. The van der Waals surface area contributed by atoms with Crippen LogP contribution >= 0.6 is 0 Å². The van der Waals surface area contributed by atoms with Gasteiger partial charge < -0.3 is 0 Å². The quantitative estimate of drug-likeness (QED) is 0.667. The number of hydrogen-bond donors (Lipinski definition) is 1. The first-order valence-electron chi connectivity index (χ1n) is 7.52. The molecule has 11 heteroatoms. The summed E-state index contributed by atoms with van der Waals surface area (Å²) in [5.74, 6) is -2.54. The van der Waals surface area contributed by atoms with E-state index in [1.165, 1.54) is 24.3 Å². The molecule has 0 amide bonds. The van der Waals surface area contributed by atoms with E-state index in [-0.39, 0.29) is 11.4 Å². The summed E-state index contributed by atoms with van der Waals surface area (Å²) in [6, 6.07) is 9.22. The predicted octanol–water partition coefficient (Wildman–Crippen LogP) is 3.27. The molecule has 0 aliphatic rings. The van der Waals surface area contributed by atoms with Gasteiger partial charge in [-0.05, 0) is 42.5 Å². The number of aromatic nitrogens is 2. The van der Waals surface area contributed by atoms with Crippen LogP contribution in [0, 0.1) is 23.0 Å². The van der Waals surface area contributed by atoms with Gasteiger partial charge in [0.2, 0.25) is 10.0 Å². The smallest absolute Gasteiger partial charge is 0.233 e. The number of benzene rings is 2. The third-order valence-electron chi connectivity index (χ3n) is 3.80. The number of primary sulfonamides is 1. The van der Waals surface area contributed by atoms with Crippen LogP contribution in [0.5, 0.6) is 0 Å². The molecule has 0 unspecified atom stereocenters. The molecule has 28 heavy (non-hydrogen) atoms. The molecule has 0 radical (unpaired) electrons. The van der Waals surface area contributed by atoms with Crippen molar-refractivity contribution in [1.29, 1.82) is 5.26 Å². The lowest BCUT2D eigenvalue weighted by molar-refractivity contribution is 0.145. The van der Waals surface area contributed by atoms with E-state index in [1.807, 2.05) is 6.07 Å². The van der Waals surface area contributed by atoms with Gasteiger partial charge in [0.25, 0.3) is 6.43 Å². The average molecular weight is 410 g/mol. The fourth-order valence-corrected chi connectivity index (χ4v) is 3.11. The van der Waals surface area contributed by atoms with Crippen molar-refractivity contribution in [3.63, 3.8) is 0 Å². The van der Waals surface area contributed by atoms with Crippen molar-refractivity contribution in [3.05, 3.63) is 65.4 Å². The molecule has 1 heterocycles. The van der Waals surface area contributed by atoms with E-state index < -0.39 is 44.2 Å². The van der Waals surface area contributed by atoms with Gasteiger partial charge in [-0.1, -0.05) is 0 Å². The number of alkyl halides is 2. The normalized spacial score (nSPS) is 11.6. The minimum atomic E-state index is -4.52. The van der Waals surface area contributed by atoms with E-state index in [4.69, 9.17) is 10.4 Å². The first kappa shape index (κ1) is 19.5. The van der Waals surface area contributed by atoms with Crippen LogP contribution < -0.4 is 5.14 Å². The van der Waals surface area contributed by atoms with Crippen LogP contribution in [0.1, 0.15) is 17.7 Å². The molecule has 0 spiro atoms. The Morgan fingerprint density at radius 1 is 1.07 bits per heavy atom. The molecule has 3 aromatic rings. The molecule has 3 rings (SSSR count). The first-order valence-corrected chi connectivity index (χ1v) is 9.07. The van der Waals surface area contributed by atoms with Crippen molar-refractivity contribution in [2.24, 2.45) is 5.14 Å². The van der Waals surface area contributed by atoms with Gasteiger partial charge in [-0.3, -0.25) is 0 Å². The highest BCUT2D eigenvalue weighted by Crippen LogP contribution is 2.32. The third-order valence-corrected chi connectivity index (χ3v) is 4.72. The molecule has 6 nitrogen and oxygen atoms in total. The summed E-state index contributed by atoms with van der Waals surface area (Å²) in [4.78, 5) is -1.06. The van der Waals surface area contributed by atoms with Gasteiger partial charge in [-0.15, -0.1) is 0 Å². The Bertz CT molecular complexity index is 1200. The predicted molar refractivity (Wildman–Crippen MR) is 90.0 cm³/mol. The fraction of sp³-hybridized carbons (Fsp3) is 0.0588. The maximum absolute atomic E-state index is 14.5. The van der Waals surface area contributed by atoms with Crippen molar-refractivity contribution in [1.82, 2.24) is 9.78 Å². The second kappa shape index (κ2) is 7.06. The van der Waals surface area contributed by atoms with E-state index in [0.717, 1.165) is 10.7 Å². The monoisotopic (exact) mass is 410 g/mol. The Labute approximate surface area is 156 Å². The molecule has 0 aliphatic heterocycles. The van der Waals surface area contributed by atoms with Crippen molar-refractivity contribution in [2.75, 3.05) is 0 Å². The molecule has 0 atom stereocenters. The highest BCUT2D eigenvalue weighted by Gasteiger charge is 2.24. The molecule has 144 valence electrons. The zero-order valence-corrected chi connectivity index (χ0v) is 14.6. The zero-order valence-electron chi connectivity index (χ0n) is 13.8. The standard InChI is InChI=1S/C17H10F4N4O2S/c18-12-6-16(28(23,26)27)13(19)5-11(12)15-7-14(17(20)21)24-25(15)10-3-1-9(8-22)2-4-10/h1-7,17H,(H2,23,26,27). The third kappa shape index (κ3) is 3.60. The zero-order chi connectivity index (χ0) is 20.6. The molecule has 0 fully saturated rings. The molecule has 0 bridgehead atoms. The Hall–Kier alpha value is -3.23. The van der Waals surface area contributed by atoms with Crippen LogP contribution in [0.4, 0.5) is 17.6 Å². The van der Waals surface area contributed by atoms with E-state index in [9.17, 15) is 26.0 Å². The van der Waals surface area contributed by atoms with E-state index in [1.54, 1.807) is 0 Å². The number of nitrogens with two attached hydrogens (primary N) is 1. The second-order valence-electron chi connectivity index (χ2n) is 5.63. The summed E-state index contributed by atoms with van der Waals surface area (Å²) < 4.78 is 78.5. The number of nitriles is 1. The summed E-state index contributed by atoms with van der Waals surface area (Å²) in [6.07, 6.45) is -2.99. The van der Waals surface area contributed by atoms with Crippen LogP contribution in [0.25, 0.3) is 16.9 Å². The molecule has 0 aliphatic carbocycles. The van der Waals surface area contributed by atoms with Crippen LogP contribution in [0.2, 0.25) is 0 Å². The SMILES string of the molecule is N#Cc1ccc(-n2nc(C(F)F)cc2-c2cc(F)c(S(N)(=O)=O)cc2F)cc1. The highest BCUT2D eigenvalue weighted by molar-refractivity contribution is 7.89. The maximum Gasteiger partial charge on any atom is 0.282 e. The van der Waals surface area contributed by atoms with Crippen LogP contribution in [-0.4, -0.2) is 18.2 Å². The summed E-state index contributed by atoms with van der Waals surface area (Å²) >= 11 is 0. The molecule has 1 aromatic heterocycles. The lowest BCUT2D eigenvalue weighted by Crippen LogP contribution is -2.14. The van der Waals surface area contributed by atoms with Gasteiger partial charge in [-0.2, -0.15) is 10.4 Å². The summed E-state index contributed by atoms with van der Waals surface area (Å²) in [5, 5.41) is 17.4. The number of hydrogen-bond acceptors (Lipinski definition) is 4. The summed E-state index contributed by atoms with van der Waals surface area (Å²) in [6.45, 7) is 0. The van der Waals surface area contributed by atoms with Gasteiger partial charge in [0.1, 0.15) is 22.2 Å². The van der Waals surface area contributed by atoms with Gasteiger partial charge in [0.05, 0.1) is 23.0 Å². The average Bonchev–Trinajstić information content (AvgIpc) is 3.08. The molecular weight excluding hydrogens is 400 g/mol. The number of rotatable bonds is 4. The Kier molecular flexibility index (Phi) is 4.93. The van der Waals surface area contributed by atoms with Crippen molar-refractivity contribution in [2.45, 2.75) is 11.3 Å². The van der Waals surface area contributed by atoms with Crippen LogP contribution in [-0.2, 0) is 10.0 Å². The minimum Gasteiger partial charge on any atom is -0.233 e. The largest absolute Gasteiger partial charge is 0.282 e. The van der Waals surface area contributed by atoms with Gasteiger partial charge in [0.15, 0.2) is 0 Å². The Morgan fingerprint density at radius 2 is 1.71 bits per heavy atom. The highest BCUT2D eigenvalue weighted by atomic mass is 32.2. The molecule has 0 saturated heterocycles. The fourth-order valence-electron chi connectivity index (χ4n) is 2.51. The molecule has 0 saturated carbocycles. The first-order chi connectivity index (χ1) is 13.1. The van der Waals surface area contributed by atoms with Crippen molar-refractivity contribution < 1.29 is 26.0 Å². The summed E-state index contributed by atoms with van der Waals surface area (Å²) in [5.41, 5.74) is -0.932. The number of halogens is 4. The van der Waals surface area contributed by atoms with Gasteiger partial charge in [0, 0.05) is 5.56 Å². The van der Waals surface area contributed by atoms with Crippen LogP contribution in [0.3, 0.4) is 0 Å². The Morgan fingerprint density at radius 3 is 2.25 bits per heavy atom. The lowest BCUT2D eigenvalue weighted by atomic mass is 10.1. The van der Waals surface area contributed by atoms with E-state index in [2.05, 4.69) is 5.10 Å². The van der Waals surface area contributed by atoms with Crippen molar-refractivity contribution in [3.8, 4) is 23.0 Å². The second-order valence-corrected chi connectivity index (χ2v) is 7.16. The van der Waals surface area contributed by atoms with Crippen molar-refractivity contribution >= 4 is 10.0 Å².